The number of hydrogen-bond donors (Lipinski definition) is 3. The molecule has 0 bridgehead atoms. The van der Waals surface area contributed by atoms with E-state index in [2.05, 4.69) is 5.32 Å². The number of phenols is 1. The van der Waals surface area contributed by atoms with Crippen molar-refractivity contribution in [2.45, 2.75) is 6.92 Å². The summed E-state index contributed by atoms with van der Waals surface area (Å²) in [5.41, 5.74) is 0.131. The second kappa shape index (κ2) is 5.30. The normalized spacial score (nSPS) is 14.8. The Kier molecular flexibility index (Phi) is 3.71. The molecule has 106 valence electrons. The average Bonchev–Trinajstić information content (AvgIpc) is 2.67. The van der Waals surface area contributed by atoms with Crippen LogP contribution in [0.5, 0.6) is 5.75 Å². The van der Waals surface area contributed by atoms with Crippen LogP contribution in [-0.2, 0) is 9.59 Å². The van der Waals surface area contributed by atoms with Gasteiger partial charge in [-0.1, -0.05) is 0 Å². The van der Waals surface area contributed by atoms with Crippen molar-refractivity contribution in [2.75, 3.05) is 18.5 Å². The molecule has 0 radical (unpaired) electrons. The van der Waals surface area contributed by atoms with E-state index in [0.717, 1.165) is 17.0 Å². The zero-order chi connectivity index (χ0) is 14.9. The van der Waals surface area contributed by atoms with E-state index < -0.39 is 17.6 Å². The maximum atomic E-state index is 13.2. The number of hydrogen-bond acceptors (Lipinski definition) is 5. The van der Waals surface area contributed by atoms with Gasteiger partial charge < -0.3 is 15.5 Å². The minimum atomic E-state index is -0.606. The fourth-order valence-corrected chi connectivity index (χ4v) is 1.83. The summed E-state index contributed by atoms with van der Waals surface area (Å²) in [5, 5.41) is 21.2. The minimum Gasteiger partial charge on any atom is -0.505 e. The summed E-state index contributed by atoms with van der Waals surface area (Å²) in [7, 11) is 0. The Morgan fingerprint density at radius 3 is 2.70 bits per heavy atom. The first-order valence-corrected chi connectivity index (χ1v) is 5.89. The fraction of sp³-hybridized carbons (Fsp3) is 0.231. The number of anilines is 1. The SMILES string of the molecule is Cc1c(F)ccc(NC2=CC(=O)N(CCO)C2=O)c1O. The van der Waals surface area contributed by atoms with Crippen molar-refractivity contribution in [2.24, 2.45) is 0 Å². The van der Waals surface area contributed by atoms with Gasteiger partial charge in [0.05, 0.1) is 18.8 Å². The van der Waals surface area contributed by atoms with Crippen LogP contribution >= 0.6 is 0 Å². The van der Waals surface area contributed by atoms with Crippen LogP contribution in [0.15, 0.2) is 23.9 Å². The van der Waals surface area contributed by atoms with E-state index in [1.807, 2.05) is 0 Å². The molecule has 1 aliphatic rings. The highest BCUT2D eigenvalue weighted by Gasteiger charge is 2.31. The molecular weight excluding hydrogens is 267 g/mol. The van der Waals surface area contributed by atoms with Crippen molar-refractivity contribution >= 4 is 17.5 Å². The Bertz CT molecular complexity index is 613. The van der Waals surface area contributed by atoms with E-state index in [4.69, 9.17) is 5.11 Å². The third-order valence-corrected chi connectivity index (χ3v) is 2.97. The molecule has 1 aromatic rings. The largest absolute Gasteiger partial charge is 0.505 e. The highest BCUT2D eigenvalue weighted by Crippen LogP contribution is 2.30. The van der Waals surface area contributed by atoms with Crippen LogP contribution in [0, 0.1) is 12.7 Å². The molecule has 1 aliphatic heterocycles. The number of β-amino-alcohol motifs (C(OH)–C–C–N with tert-alkyl or cyclic N) is 1. The van der Waals surface area contributed by atoms with Gasteiger partial charge in [-0.05, 0) is 19.1 Å². The second-order valence-electron chi connectivity index (χ2n) is 4.27. The highest BCUT2D eigenvalue weighted by molar-refractivity contribution is 6.17. The number of aliphatic hydroxyl groups is 1. The number of halogens is 1. The van der Waals surface area contributed by atoms with Crippen LogP contribution in [0.2, 0.25) is 0 Å². The van der Waals surface area contributed by atoms with Gasteiger partial charge in [0.15, 0.2) is 0 Å². The number of carbonyl (C=O) groups is 2. The number of imide groups is 1. The molecule has 0 spiro atoms. The molecule has 20 heavy (non-hydrogen) atoms. The summed E-state index contributed by atoms with van der Waals surface area (Å²) < 4.78 is 13.2. The first kappa shape index (κ1) is 14.0. The molecule has 7 heteroatoms. The maximum Gasteiger partial charge on any atom is 0.277 e. The molecule has 0 aromatic heterocycles. The van der Waals surface area contributed by atoms with Crippen LogP contribution < -0.4 is 5.32 Å². The number of rotatable bonds is 4. The fourth-order valence-electron chi connectivity index (χ4n) is 1.83. The van der Waals surface area contributed by atoms with Gasteiger partial charge in [0.2, 0.25) is 0 Å². The first-order chi connectivity index (χ1) is 9.45. The van der Waals surface area contributed by atoms with Gasteiger partial charge in [-0.2, -0.15) is 0 Å². The number of benzene rings is 1. The third-order valence-electron chi connectivity index (χ3n) is 2.97. The van der Waals surface area contributed by atoms with Gasteiger partial charge in [0, 0.05) is 11.6 Å². The van der Waals surface area contributed by atoms with Crippen molar-refractivity contribution < 1.29 is 24.2 Å². The van der Waals surface area contributed by atoms with Crippen LogP contribution in [0.1, 0.15) is 5.56 Å². The maximum absolute atomic E-state index is 13.2. The Hall–Kier alpha value is -2.41. The zero-order valence-electron chi connectivity index (χ0n) is 10.7. The number of nitrogens with zero attached hydrogens (tertiary/aromatic N) is 1. The first-order valence-electron chi connectivity index (χ1n) is 5.89. The molecule has 0 saturated heterocycles. The summed E-state index contributed by atoms with van der Waals surface area (Å²) in [6, 6.07) is 2.41. The van der Waals surface area contributed by atoms with Gasteiger partial charge in [0.25, 0.3) is 11.8 Å². The van der Waals surface area contributed by atoms with Crippen LogP contribution in [0.25, 0.3) is 0 Å². The third kappa shape index (κ3) is 2.35. The minimum absolute atomic E-state index is 0.0373. The van der Waals surface area contributed by atoms with E-state index in [1.54, 1.807) is 0 Å². The molecule has 0 atom stereocenters. The molecule has 3 N–H and O–H groups in total. The van der Waals surface area contributed by atoms with Crippen LogP contribution in [0.4, 0.5) is 10.1 Å². The lowest BCUT2D eigenvalue weighted by Gasteiger charge is -2.14. The van der Waals surface area contributed by atoms with Crippen molar-refractivity contribution in [3.05, 3.63) is 35.3 Å². The predicted octanol–water partition coefficient (Wildman–Crippen LogP) is 0.497. The van der Waals surface area contributed by atoms with E-state index in [0.29, 0.717) is 0 Å². The molecule has 0 saturated carbocycles. The van der Waals surface area contributed by atoms with Gasteiger partial charge in [-0.3, -0.25) is 14.5 Å². The van der Waals surface area contributed by atoms with Gasteiger partial charge >= 0.3 is 0 Å². The molecule has 0 fully saturated rings. The lowest BCUT2D eigenvalue weighted by molar-refractivity contribution is -0.137. The van der Waals surface area contributed by atoms with Gasteiger partial charge in [-0.15, -0.1) is 0 Å². The summed E-state index contributed by atoms with van der Waals surface area (Å²) in [6.07, 6.45) is 1.07. The van der Waals surface area contributed by atoms with Crippen molar-refractivity contribution in [1.82, 2.24) is 4.90 Å². The number of aliphatic hydroxyl groups excluding tert-OH is 1. The van der Waals surface area contributed by atoms with Gasteiger partial charge in [0.1, 0.15) is 17.3 Å². The smallest absolute Gasteiger partial charge is 0.277 e. The molecule has 0 aliphatic carbocycles. The Balaban J connectivity index is 2.24. The quantitative estimate of drug-likeness (QED) is 0.552. The molecule has 1 heterocycles. The number of amides is 2. The summed E-state index contributed by atoms with van der Waals surface area (Å²) in [4.78, 5) is 24.3. The van der Waals surface area contributed by atoms with Crippen LogP contribution in [0.3, 0.4) is 0 Å². The zero-order valence-corrected chi connectivity index (χ0v) is 10.7. The summed E-state index contributed by atoms with van der Waals surface area (Å²) >= 11 is 0. The van der Waals surface area contributed by atoms with Crippen LogP contribution in [-0.4, -0.2) is 40.1 Å². The number of phenolic OH excluding ortho intramolecular Hbond substituents is 1. The molecule has 2 amide bonds. The van der Waals surface area contributed by atoms with E-state index in [-0.39, 0.29) is 35.8 Å². The Morgan fingerprint density at radius 1 is 1.35 bits per heavy atom. The van der Waals surface area contributed by atoms with E-state index in [9.17, 15) is 19.1 Å². The lowest BCUT2D eigenvalue weighted by atomic mass is 10.1. The monoisotopic (exact) mass is 280 g/mol. The van der Waals surface area contributed by atoms with Crippen molar-refractivity contribution in [1.29, 1.82) is 0 Å². The highest BCUT2D eigenvalue weighted by atomic mass is 19.1. The molecule has 1 aromatic carbocycles. The Morgan fingerprint density at radius 2 is 2.05 bits per heavy atom. The van der Waals surface area contributed by atoms with Crippen molar-refractivity contribution in [3.63, 3.8) is 0 Å². The van der Waals surface area contributed by atoms with E-state index in [1.165, 1.54) is 13.0 Å². The number of aromatic hydroxyl groups is 1. The lowest BCUT2D eigenvalue weighted by Crippen LogP contribution is -2.34. The number of carbonyl (C=O) groups excluding carboxylic acids is 2. The predicted molar refractivity (Wildman–Crippen MR) is 68.3 cm³/mol. The van der Waals surface area contributed by atoms with Gasteiger partial charge in [-0.25, -0.2) is 4.39 Å². The number of nitrogens with one attached hydrogen (secondary N) is 1. The standard InChI is InChI=1S/C13H13FN2O4/c1-7-8(14)2-3-9(12(7)19)15-10-6-11(18)16(4-5-17)13(10)20/h2-3,6,15,17,19H,4-5H2,1H3. The molecule has 2 rings (SSSR count). The molecule has 0 unspecified atom stereocenters. The second-order valence-corrected chi connectivity index (χ2v) is 4.27. The van der Waals surface area contributed by atoms with Crippen molar-refractivity contribution in [3.8, 4) is 5.75 Å². The topological polar surface area (TPSA) is 89.9 Å². The Labute approximate surface area is 114 Å². The summed E-state index contributed by atoms with van der Waals surface area (Å²) in [5.74, 6) is -2.06. The van der Waals surface area contributed by atoms with E-state index >= 15 is 0 Å². The molecule has 6 nitrogen and oxygen atoms in total. The molecular formula is C13H13FN2O4. The average molecular weight is 280 g/mol. The summed E-state index contributed by atoms with van der Waals surface area (Å²) in [6.45, 7) is 0.956.